The van der Waals surface area contributed by atoms with Crippen molar-refractivity contribution < 1.29 is 38.8 Å². The molecule has 3 rings (SSSR count). The molecule has 0 saturated heterocycles. The molecule has 0 aliphatic heterocycles. The molecule has 0 heterocycles. The summed E-state index contributed by atoms with van der Waals surface area (Å²) >= 11 is 0. The minimum atomic E-state index is -0.443. The number of ketones is 1. The highest BCUT2D eigenvalue weighted by Crippen LogP contribution is 2.28. The van der Waals surface area contributed by atoms with Crippen LogP contribution in [0.1, 0.15) is 43.8 Å². The largest absolute Gasteiger partial charge is 0.508 e. The lowest BCUT2D eigenvalue weighted by molar-refractivity contribution is -0.140. The minimum Gasteiger partial charge on any atom is -0.508 e. The van der Waals surface area contributed by atoms with Crippen molar-refractivity contribution >= 4 is 17.7 Å². The van der Waals surface area contributed by atoms with Crippen molar-refractivity contribution in [3.63, 3.8) is 0 Å². The third kappa shape index (κ3) is 5.92. The number of ether oxygens (including phenoxy) is 3. The highest BCUT2D eigenvalue weighted by Gasteiger charge is 2.17. The first-order valence-corrected chi connectivity index (χ1v) is 10.4. The van der Waals surface area contributed by atoms with Gasteiger partial charge in [0.25, 0.3) is 0 Å². The van der Waals surface area contributed by atoms with Crippen LogP contribution in [0.15, 0.2) is 60.7 Å². The Morgan fingerprint density at radius 3 is 2.18 bits per heavy atom. The number of hydrogen-bond acceptors (Lipinski definition) is 8. The Labute approximate surface area is 196 Å². The molecule has 0 saturated carbocycles. The molecule has 3 aromatic rings. The van der Waals surface area contributed by atoms with Crippen molar-refractivity contribution in [3.05, 3.63) is 88.5 Å². The molecule has 0 spiro atoms. The molecule has 0 radical (unpaired) electrons. The molecule has 0 unspecified atom stereocenters. The fourth-order valence-electron chi connectivity index (χ4n) is 3.28. The Balaban J connectivity index is 1.83. The summed E-state index contributed by atoms with van der Waals surface area (Å²) in [5.74, 6) is -1.29. The van der Waals surface area contributed by atoms with Crippen LogP contribution in [0.2, 0.25) is 0 Å². The fraction of sp³-hybridized carbons (Fsp3) is 0.192. The van der Waals surface area contributed by atoms with Crippen molar-refractivity contribution in [3.8, 4) is 17.2 Å². The third-order valence-electron chi connectivity index (χ3n) is 5.14. The quantitative estimate of drug-likeness (QED) is 0.363. The first-order chi connectivity index (χ1) is 16.3. The average molecular weight is 464 g/mol. The number of aryl methyl sites for hydroxylation is 1. The number of esters is 2. The topological polar surface area (TPSA) is 119 Å². The molecule has 0 aliphatic carbocycles. The molecule has 0 fully saturated rings. The molecule has 3 aromatic carbocycles. The number of benzene rings is 3. The first kappa shape index (κ1) is 24.3. The predicted molar refractivity (Wildman–Crippen MR) is 122 cm³/mol. The molecule has 8 nitrogen and oxygen atoms in total. The van der Waals surface area contributed by atoms with Gasteiger partial charge in [0.05, 0.1) is 25.3 Å². The zero-order chi connectivity index (χ0) is 24.7. The summed E-state index contributed by atoms with van der Waals surface area (Å²) in [5, 5.41) is 19.5. The molecule has 176 valence electrons. The first-order valence-electron chi connectivity index (χ1n) is 10.4. The Kier molecular flexibility index (Phi) is 7.87. The van der Waals surface area contributed by atoms with Gasteiger partial charge in [0.2, 0.25) is 0 Å². The van der Waals surface area contributed by atoms with E-state index in [1.807, 2.05) is 0 Å². The van der Waals surface area contributed by atoms with Crippen LogP contribution in [0.25, 0.3) is 0 Å². The summed E-state index contributed by atoms with van der Waals surface area (Å²) in [4.78, 5) is 36.2. The van der Waals surface area contributed by atoms with Gasteiger partial charge in [-0.3, -0.25) is 9.59 Å². The molecule has 0 amide bonds. The third-order valence-corrected chi connectivity index (χ3v) is 5.14. The van der Waals surface area contributed by atoms with Crippen molar-refractivity contribution in [1.29, 1.82) is 0 Å². The van der Waals surface area contributed by atoms with Crippen LogP contribution in [0.4, 0.5) is 0 Å². The molecule has 0 aliphatic rings. The molecule has 2 N–H and O–H groups in total. The number of carbonyl (C=O) groups is 3. The van der Waals surface area contributed by atoms with Gasteiger partial charge >= 0.3 is 11.9 Å². The number of phenolic OH excluding ortho intramolecular Hbond substituents is 2. The van der Waals surface area contributed by atoms with Crippen LogP contribution in [0.3, 0.4) is 0 Å². The van der Waals surface area contributed by atoms with E-state index in [2.05, 4.69) is 4.74 Å². The van der Waals surface area contributed by atoms with E-state index in [4.69, 9.17) is 9.47 Å². The summed E-state index contributed by atoms with van der Waals surface area (Å²) in [6.45, 7) is 0.193. The van der Waals surface area contributed by atoms with E-state index in [9.17, 15) is 24.6 Å². The van der Waals surface area contributed by atoms with Gasteiger partial charge in [-0.05, 0) is 60.0 Å². The zero-order valence-corrected chi connectivity index (χ0v) is 18.7. The summed E-state index contributed by atoms with van der Waals surface area (Å²) in [6.07, 6.45) is 0.356. The number of rotatable bonds is 9. The molecule has 0 aromatic heterocycles. The minimum absolute atomic E-state index is 0.0380. The zero-order valence-electron chi connectivity index (χ0n) is 18.7. The van der Waals surface area contributed by atoms with Crippen LogP contribution >= 0.6 is 0 Å². The van der Waals surface area contributed by atoms with Gasteiger partial charge in [0, 0.05) is 18.1 Å². The Morgan fingerprint density at radius 2 is 1.53 bits per heavy atom. The van der Waals surface area contributed by atoms with Gasteiger partial charge in [-0.25, -0.2) is 4.79 Å². The van der Waals surface area contributed by atoms with Gasteiger partial charge in [-0.15, -0.1) is 0 Å². The molecular formula is C26H24O8. The predicted octanol–water partition coefficient (Wildman–Crippen LogP) is 3.80. The Bertz CT molecular complexity index is 1200. The van der Waals surface area contributed by atoms with E-state index in [1.165, 1.54) is 26.4 Å². The second-order valence-corrected chi connectivity index (χ2v) is 7.41. The summed E-state index contributed by atoms with van der Waals surface area (Å²) in [5.41, 5.74) is 2.17. The molecule has 34 heavy (non-hydrogen) atoms. The molecule has 8 heteroatoms. The highest BCUT2D eigenvalue weighted by molar-refractivity contribution is 6.11. The van der Waals surface area contributed by atoms with Crippen molar-refractivity contribution in [2.45, 2.75) is 19.4 Å². The number of phenols is 2. The number of aromatic hydroxyl groups is 2. The van der Waals surface area contributed by atoms with Crippen LogP contribution < -0.4 is 4.74 Å². The summed E-state index contributed by atoms with van der Waals surface area (Å²) < 4.78 is 15.3. The number of hydrogen-bond donors (Lipinski definition) is 2. The SMILES string of the molecule is COC(=O)CCc1cc(C(=O)c2ccc(O)cc2O)ccc1OCc1ccc(C(=O)OC)cc1. The standard InChI is InChI=1S/C26H24O8/c1-32-24(29)12-8-18-13-19(25(30)21-10-9-20(27)14-22(21)28)7-11-23(18)34-15-16-3-5-17(6-4-16)26(31)33-2/h3-7,9-11,13-14,27-28H,8,12,15H2,1-2H3. The summed E-state index contributed by atoms with van der Waals surface area (Å²) in [7, 11) is 2.61. The normalized spacial score (nSPS) is 10.4. The van der Waals surface area contributed by atoms with Crippen molar-refractivity contribution in [2.75, 3.05) is 14.2 Å². The maximum absolute atomic E-state index is 12.9. The van der Waals surface area contributed by atoms with Gasteiger partial charge in [-0.2, -0.15) is 0 Å². The van der Waals surface area contributed by atoms with Gasteiger partial charge in [-0.1, -0.05) is 12.1 Å². The second kappa shape index (κ2) is 11.0. The summed E-state index contributed by atoms with van der Waals surface area (Å²) in [6, 6.07) is 15.3. The number of methoxy groups -OCH3 is 2. The monoisotopic (exact) mass is 464 g/mol. The Hall–Kier alpha value is -4.33. The van der Waals surface area contributed by atoms with Crippen LogP contribution in [-0.2, 0) is 27.3 Å². The van der Waals surface area contributed by atoms with E-state index < -0.39 is 17.7 Å². The van der Waals surface area contributed by atoms with E-state index in [0.717, 1.165) is 11.6 Å². The lowest BCUT2D eigenvalue weighted by atomic mass is 9.98. The molecular weight excluding hydrogens is 440 g/mol. The lowest BCUT2D eigenvalue weighted by Gasteiger charge is -2.14. The fourth-order valence-corrected chi connectivity index (χ4v) is 3.28. The van der Waals surface area contributed by atoms with E-state index >= 15 is 0 Å². The maximum Gasteiger partial charge on any atom is 0.337 e. The van der Waals surface area contributed by atoms with Crippen LogP contribution in [0.5, 0.6) is 17.2 Å². The van der Waals surface area contributed by atoms with Gasteiger partial charge in [0.15, 0.2) is 5.78 Å². The van der Waals surface area contributed by atoms with E-state index in [1.54, 1.807) is 42.5 Å². The van der Waals surface area contributed by atoms with Crippen molar-refractivity contribution in [1.82, 2.24) is 0 Å². The Morgan fingerprint density at radius 1 is 0.824 bits per heavy atom. The van der Waals surface area contributed by atoms with E-state index in [-0.39, 0.29) is 42.1 Å². The highest BCUT2D eigenvalue weighted by atomic mass is 16.5. The smallest absolute Gasteiger partial charge is 0.337 e. The lowest BCUT2D eigenvalue weighted by Crippen LogP contribution is -2.07. The number of carbonyl (C=O) groups excluding carboxylic acids is 3. The second-order valence-electron chi connectivity index (χ2n) is 7.41. The molecule has 0 atom stereocenters. The van der Waals surface area contributed by atoms with Crippen LogP contribution in [-0.4, -0.2) is 42.2 Å². The van der Waals surface area contributed by atoms with E-state index in [0.29, 0.717) is 16.9 Å². The molecule has 0 bridgehead atoms. The van der Waals surface area contributed by atoms with Crippen LogP contribution in [0, 0.1) is 0 Å². The van der Waals surface area contributed by atoms with Crippen molar-refractivity contribution in [2.24, 2.45) is 0 Å². The van der Waals surface area contributed by atoms with Gasteiger partial charge < -0.3 is 24.4 Å². The maximum atomic E-state index is 12.9. The van der Waals surface area contributed by atoms with Gasteiger partial charge in [0.1, 0.15) is 23.9 Å². The average Bonchev–Trinajstić information content (AvgIpc) is 2.85.